The number of hydrogen-bond donors (Lipinski definition) is 2. The summed E-state index contributed by atoms with van der Waals surface area (Å²) in [7, 11) is 2.00. The maximum Gasteiger partial charge on any atom is 0.172 e. The molecule has 0 unspecified atom stereocenters. The Balaban J connectivity index is 2.03. The molecule has 6 heteroatoms. The molecule has 1 aromatic heterocycles. The van der Waals surface area contributed by atoms with Crippen molar-refractivity contribution in [2.45, 2.75) is 12.8 Å². The van der Waals surface area contributed by atoms with E-state index in [4.69, 9.17) is 10.9 Å². The number of oxime groups is 1. The van der Waals surface area contributed by atoms with Crippen LogP contribution < -0.4 is 10.6 Å². The largest absolute Gasteiger partial charge is 0.409 e. The van der Waals surface area contributed by atoms with Crippen molar-refractivity contribution in [2.24, 2.45) is 10.9 Å². The highest BCUT2D eigenvalue weighted by molar-refractivity contribution is 6.01. The fraction of sp³-hybridized carbons (Fsp3) is 0.538. The molecule has 0 bridgehead atoms. The van der Waals surface area contributed by atoms with E-state index in [9.17, 15) is 0 Å². The second-order valence-electron chi connectivity index (χ2n) is 4.85. The zero-order valence-electron chi connectivity index (χ0n) is 11.3. The third-order valence-corrected chi connectivity index (χ3v) is 3.55. The molecule has 2 rings (SSSR count). The lowest BCUT2D eigenvalue weighted by atomic mass is 10.2. The number of hydrogen-bond acceptors (Lipinski definition) is 5. The Labute approximate surface area is 113 Å². The van der Waals surface area contributed by atoms with Gasteiger partial charge in [0.15, 0.2) is 5.84 Å². The molecule has 0 saturated carbocycles. The Morgan fingerprint density at radius 3 is 2.95 bits per heavy atom. The minimum atomic E-state index is 0.116. The zero-order chi connectivity index (χ0) is 13.7. The molecule has 19 heavy (non-hydrogen) atoms. The van der Waals surface area contributed by atoms with E-state index in [-0.39, 0.29) is 5.84 Å². The number of nitrogens with two attached hydrogens (primary N) is 1. The van der Waals surface area contributed by atoms with Crippen molar-refractivity contribution >= 4 is 11.5 Å². The first-order valence-electron chi connectivity index (χ1n) is 6.58. The highest BCUT2D eigenvalue weighted by atomic mass is 16.4. The van der Waals surface area contributed by atoms with Gasteiger partial charge in [0, 0.05) is 31.9 Å². The van der Waals surface area contributed by atoms with Gasteiger partial charge in [0.2, 0.25) is 0 Å². The molecule has 1 aliphatic heterocycles. The predicted molar refractivity (Wildman–Crippen MR) is 75.7 cm³/mol. The van der Waals surface area contributed by atoms with Crippen LogP contribution in [-0.4, -0.2) is 54.2 Å². The van der Waals surface area contributed by atoms with Crippen molar-refractivity contribution in [3.63, 3.8) is 0 Å². The summed E-state index contributed by atoms with van der Waals surface area (Å²) < 4.78 is 0. The second kappa shape index (κ2) is 6.38. The standard InChI is InChI=1S/C13H21N5O/c1-17(8-9-18-6-2-3-7-18)12-10-15-5-4-11(12)13(14)16-19/h4-5,10,19H,2-3,6-9H2,1H3,(H2,14,16). The van der Waals surface area contributed by atoms with Crippen LogP contribution in [0.4, 0.5) is 5.69 Å². The van der Waals surface area contributed by atoms with Crippen LogP contribution in [-0.2, 0) is 0 Å². The van der Waals surface area contributed by atoms with E-state index >= 15 is 0 Å². The first kappa shape index (κ1) is 13.6. The number of pyridine rings is 1. The summed E-state index contributed by atoms with van der Waals surface area (Å²) >= 11 is 0. The van der Waals surface area contributed by atoms with Crippen molar-refractivity contribution in [1.82, 2.24) is 9.88 Å². The number of likely N-dealkylation sites (tertiary alicyclic amines) is 1. The average Bonchev–Trinajstić information content (AvgIpc) is 2.97. The Morgan fingerprint density at radius 1 is 1.53 bits per heavy atom. The lowest BCUT2D eigenvalue weighted by Crippen LogP contribution is -2.32. The fourth-order valence-corrected chi connectivity index (χ4v) is 2.38. The van der Waals surface area contributed by atoms with Gasteiger partial charge < -0.3 is 20.7 Å². The molecule has 2 heterocycles. The molecule has 3 N–H and O–H groups in total. The lowest BCUT2D eigenvalue weighted by molar-refractivity contribution is 0.318. The molecule has 0 spiro atoms. The number of rotatable bonds is 5. The number of nitrogens with zero attached hydrogens (tertiary/aromatic N) is 4. The van der Waals surface area contributed by atoms with Crippen LogP contribution in [0.2, 0.25) is 0 Å². The van der Waals surface area contributed by atoms with E-state index in [0.29, 0.717) is 5.56 Å². The molecule has 0 radical (unpaired) electrons. The normalized spacial score (nSPS) is 16.8. The van der Waals surface area contributed by atoms with Crippen molar-refractivity contribution in [3.05, 3.63) is 24.0 Å². The molecule has 1 fully saturated rings. The van der Waals surface area contributed by atoms with Crippen LogP contribution in [0.5, 0.6) is 0 Å². The highest BCUT2D eigenvalue weighted by Gasteiger charge is 2.14. The van der Waals surface area contributed by atoms with Crippen LogP contribution >= 0.6 is 0 Å². The first-order valence-corrected chi connectivity index (χ1v) is 6.58. The number of aromatic nitrogens is 1. The van der Waals surface area contributed by atoms with Gasteiger partial charge >= 0.3 is 0 Å². The number of anilines is 1. The molecule has 1 saturated heterocycles. The Hall–Kier alpha value is -1.82. The third-order valence-electron chi connectivity index (χ3n) is 3.55. The van der Waals surface area contributed by atoms with Gasteiger partial charge in [-0.1, -0.05) is 5.16 Å². The molecule has 0 atom stereocenters. The summed E-state index contributed by atoms with van der Waals surface area (Å²) in [6, 6.07) is 1.76. The van der Waals surface area contributed by atoms with Crippen molar-refractivity contribution in [1.29, 1.82) is 0 Å². The molecule has 0 amide bonds. The van der Waals surface area contributed by atoms with Gasteiger partial charge in [0.1, 0.15) is 0 Å². The maximum absolute atomic E-state index is 8.81. The summed E-state index contributed by atoms with van der Waals surface area (Å²) in [6.07, 6.45) is 5.99. The van der Waals surface area contributed by atoms with Crippen LogP contribution in [0.3, 0.4) is 0 Å². The summed E-state index contributed by atoms with van der Waals surface area (Å²) in [5, 5.41) is 11.9. The third kappa shape index (κ3) is 3.35. The van der Waals surface area contributed by atoms with Gasteiger partial charge in [-0.05, 0) is 32.0 Å². The highest BCUT2D eigenvalue weighted by Crippen LogP contribution is 2.17. The average molecular weight is 263 g/mol. The molecule has 6 nitrogen and oxygen atoms in total. The fourth-order valence-electron chi connectivity index (χ4n) is 2.38. The molecule has 0 aromatic carbocycles. The van der Waals surface area contributed by atoms with Crippen molar-refractivity contribution < 1.29 is 5.21 Å². The van der Waals surface area contributed by atoms with Gasteiger partial charge in [-0.2, -0.15) is 0 Å². The van der Waals surface area contributed by atoms with E-state index in [0.717, 1.165) is 18.8 Å². The van der Waals surface area contributed by atoms with E-state index in [1.54, 1.807) is 18.5 Å². The lowest BCUT2D eigenvalue weighted by Gasteiger charge is -2.24. The maximum atomic E-state index is 8.81. The van der Waals surface area contributed by atoms with Crippen molar-refractivity contribution in [2.75, 3.05) is 38.1 Å². The molecule has 1 aromatic rings. The van der Waals surface area contributed by atoms with E-state index in [1.165, 1.54) is 25.9 Å². The van der Waals surface area contributed by atoms with Crippen molar-refractivity contribution in [3.8, 4) is 0 Å². The summed E-state index contributed by atoms with van der Waals surface area (Å²) in [5.41, 5.74) is 7.28. The monoisotopic (exact) mass is 263 g/mol. The minimum absolute atomic E-state index is 0.116. The SMILES string of the molecule is CN(CCN1CCCC1)c1cnccc1/C(N)=N/O. The Bertz CT molecular complexity index is 442. The molecule has 104 valence electrons. The van der Waals surface area contributed by atoms with Crippen LogP contribution in [0.15, 0.2) is 23.6 Å². The van der Waals surface area contributed by atoms with Gasteiger partial charge in [-0.25, -0.2) is 0 Å². The van der Waals surface area contributed by atoms with E-state index in [1.807, 2.05) is 7.05 Å². The molecule has 0 aliphatic carbocycles. The topological polar surface area (TPSA) is 78.0 Å². The predicted octanol–water partition coefficient (Wildman–Crippen LogP) is 0.708. The molecular weight excluding hydrogens is 242 g/mol. The van der Waals surface area contributed by atoms with Crippen LogP contribution in [0.1, 0.15) is 18.4 Å². The smallest absolute Gasteiger partial charge is 0.172 e. The Kier molecular flexibility index (Phi) is 4.57. The van der Waals surface area contributed by atoms with Gasteiger partial charge in [-0.3, -0.25) is 4.98 Å². The van der Waals surface area contributed by atoms with Crippen LogP contribution in [0.25, 0.3) is 0 Å². The molecular formula is C13H21N5O. The minimum Gasteiger partial charge on any atom is -0.409 e. The number of likely N-dealkylation sites (N-methyl/N-ethyl adjacent to an activating group) is 1. The number of amidine groups is 1. The van der Waals surface area contributed by atoms with Gasteiger partial charge in [0.25, 0.3) is 0 Å². The zero-order valence-corrected chi connectivity index (χ0v) is 11.3. The van der Waals surface area contributed by atoms with Crippen LogP contribution in [0, 0.1) is 0 Å². The summed E-state index contributed by atoms with van der Waals surface area (Å²) in [6.45, 7) is 4.31. The first-order chi connectivity index (χ1) is 9.22. The Morgan fingerprint density at radius 2 is 2.26 bits per heavy atom. The van der Waals surface area contributed by atoms with E-state index in [2.05, 4.69) is 19.9 Å². The van der Waals surface area contributed by atoms with Gasteiger partial charge in [-0.15, -0.1) is 0 Å². The summed E-state index contributed by atoms with van der Waals surface area (Å²) in [4.78, 5) is 8.67. The molecule has 1 aliphatic rings. The second-order valence-corrected chi connectivity index (χ2v) is 4.85. The van der Waals surface area contributed by atoms with E-state index < -0.39 is 0 Å². The summed E-state index contributed by atoms with van der Waals surface area (Å²) in [5.74, 6) is 0.116. The quantitative estimate of drug-likeness (QED) is 0.354. The van der Waals surface area contributed by atoms with Gasteiger partial charge in [0.05, 0.1) is 11.9 Å².